The lowest BCUT2D eigenvalue weighted by atomic mass is 10.1. The van der Waals surface area contributed by atoms with Crippen molar-refractivity contribution in [1.82, 2.24) is 25.1 Å². The van der Waals surface area contributed by atoms with Crippen molar-refractivity contribution < 1.29 is 14.3 Å². The zero-order valence-electron chi connectivity index (χ0n) is 16.3. The number of ether oxygens (including phenoxy) is 2. The van der Waals surface area contributed by atoms with E-state index < -0.39 is 0 Å². The monoisotopic (exact) mass is 416 g/mol. The summed E-state index contributed by atoms with van der Waals surface area (Å²) in [6, 6.07) is 3.24. The fourth-order valence-electron chi connectivity index (χ4n) is 2.53. The Labute approximate surface area is 173 Å². The maximum atomic E-state index is 11.9. The van der Waals surface area contributed by atoms with Crippen LogP contribution in [0.1, 0.15) is 22.8 Å². The molecule has 2 aromatic heterocycles. The first-order valence-corrected chi connectivity index (χ1v) is 9.24. The number of nitrogens with one attached hydrogen (secondary N) is 2. The number of amides is 1. The van der Waals surface area contributed by atoms with Crippen LogP contribution >= 0.6 is 11.6 Å². The predicted molar refractivity (Wildman–Crippen MR) is 109 cm³/mol. The van der Waals surface area contributed by atoms with E-state index in [0.29, 0.717) is 33.6 Å². The van der Waals surface area contributed by atoms with Gasteiger partial charge >= 0.3 is 0 Å². The quantitative estimate of drug-likeness (QED) is 0.581. The number of hydrogen-bond donors (Lipinski definition) is 2. The Balaban J connectivity index is 1.68. The summed E-state index contributed by atoms with van der Waals surface area (Å²) in [5.74, 6) is 1.04. The van der Waals surface area contributed by atoms with Gasteiger partial charge in [-0.05, 0) is 19.1 Å². The SMILES string of the molecule is CCn1cc(Nc2ncc(OCc3cc(C(=O)NC)cc(OC)c3Cl)cn2)cn1. The molecule has 0 saturated carbocycles. The van der Waals surface area contributed by atoms with E-state index in [4.69, 9.17) is 21.1 Å². The highest BCUT2D eigenvalue weighted by Crippen LogP contribution is 2.30. The molecule has 2 heterocycles. The Kier molecular flexibility index (Phi) is 6.50. The fraction of sp³-hybridized carbons (Fsp3) is 0.263. The van der Waals surface area contributed by atoms with Crippen molar-refractivity contribution in [3.05, 3.63) is 53.1 Å². The summed E-state index contributed by atoms with van der Waals surface area (Å²) in [5.41, 5.74) is 1.83. The molecule has 0 unspecified atom stereocenters. The summed E-state index contributed by atoms with van der Waals surface area (Å²) in [5, 5.41) is 10.2. The van der Waals surface area contributed by atoms with Crippen molar-refractivity contribution in [2.75, 3.05) is 19.5 Å². The minimum Gasteiger partial charge on any atom is -0.495 e. The van der Waals surface area contributed by atoms with Crippen LogP contribution in [0.5, 0.6) is 11.5 Å². The summed E-state index contributed by atoms with van der Waals surface area (Å²) in [4.78, 5) is 20.4. The van der Waals surface area contributed by atoms with Gasteiger partial charge in [0.1, 0.15) is 12.4 Å². The maximum absolute atomic E-state index is 11.9. The van der Waals surface area contributed by atoms with E-state index in [1.54, 1.807) is 42.5 Å². The van der Waals surface area contributed by atoms with Crippen LogP contribution < -0.4 is 20.1 Å². The summed E-state index contributed by atoms with van der Waals surface area (Å²) in [7, 11) is 3.04. The van der Waals surface area contributed by atoms with Gasteiger partial charge in [-0.3, -0.25) is 9.48 Å². The number of anilines is 2. The summed E-state index contributed by atoms with van der Waals surface area (Å²) < 4.78 is 12.8. The molecule has 1 aromatic carbocycles. The molecule has 0 radical (unpaired) electrons. The highest BCUT2D eigenvalue weighted by atomic mass is 35.5. The number of hydrogen-bond acceptors (Lipinski definition) is 7. The van der Waals surface area contributed by atoms with Crippen LogP contribution in [0.3, 0.4) is 0 Å². The molecule has 2 N–H and O–H groups in total. The average Bonchev–Trinajstić information content (AvgIpc) is 3.21. The predicted octanol–water partition coefficient (Wildman–Crippen LogP) is 3.04. The molecule has 29 heavy (non-hydrogen) atoms. The fourth-order valence-corrected chi connectivity index (χ4v) is 2.77. The topological polar surface area (TPSA) is 103 Å². The molecule has 10 heteroatoms. The van der Waals surface area contributed by atoms with Crippen molar-refractivity contribution in [1.29, 1.82) is 0 Å². The molecule has 0 bridgehead atoms. The zero-order valence-corrected chi connectivity index (χ0v) is 17.0. The van der Waals surface area contributed by atoms with Gasteiger partial charge in [-0.1, -0.05) is 11.6 Å². The van der Waals surface area contributed by atoms with E-state index in [1.807, 2.05) is 13.1 Å². The van der Waals surface area contributed by atoms with Gasteiger partial charge in [-0.15, -0.1) is 0 Å². The Hall–Kier alpha value is -3.33. The normalized spacial score (nSPS) is 10.5. The molecule has 1 amide bonds. The van der Waals surface area contributed by atoms with Gasteiger partial charge in [0.05, 0.1) is 36.4 Å². The van der Waals surface area contributed by atoms with Crippen molar-refractivity contribution in [3.8, 4) is 11.5 Å². The molecule has 3 aromatic rings. The van der Waals surface area contributed by atoms with Crippen LogP contribution in [0.4, 0.5) is 11.6 Å². The van der Waals surface area contributed by atoms with Crippen molar-refractivity contribution in [2.45, 2.75) is 20.1 Å². The third kappa shape index (κ3) is 4.94. The Morgan fingerprint density at radius 2 is 2.00 bits per heavy atom. The van der Waals surface area contributed by atoms with E-state index in [9.17, 15) is 4.79 Å². The molecule has 0 atom stereocenters. The highest BCUT2D eigenvalue weighted by molar-refractivity contribution is 6.33. The number of halogens is 1. The molecular formula is C19H21ClN6O3. The number of aryl methyl sites for hydroxylation is 1. The Morgan fingerprint density at radius 1 is 1.24 bits per heavy atom. The zero-order chi connectivity index (χ0) is 20.8. The lowest BCUT2D eigenvalue weighted by Crippen LogP contribution is -2.18. The molecule has 9 nitrogen and oxygen atoms in total. The molecule has 0 aliphatic heterocycles. The molecule has 3 rings (SSSR count). The average molecular weight is 417 g/mol. The van der Waals surface area contributed by atoms with Crippen molar-refractivity contribution >= 4 is 29.1 Å². The minimum absolute atomic E-state index is 0.124. The lowest BCUT2D eigenvalue weighted by molar-refractivity contribution is 0.0962. The standard InChI is InChI=1S/C19H21ClN6O3/c1-4-26-10-14(7-24-26)25-19-22-8-15(9-23-19)29-11-13-5-12(18(27)21-2)6-16(28-3)17(13)20/h5-10H,4,11H2,1-3H3,(H,21,27)(H,22,23,25). The molecule has 0 aliphatic carbocycles. The molecule has 0 spiro atoms. The molecule has 0 aliphatic rings. The van der Waals surface area contributed by atoms with Crippen LogP contribution in [0.15, 0.2) is 36.9 Å². The number of nitrogens with zero attached hydrogens (tertiary/aromatic N) is 4. The lowest BCUT2D eigenvalue weighted by Gasteiger charge is -2.12. The summed E-state index contributed by atoms with van der Waals surface area (Å²) in [6.07, 6.45) is 6.66. The van der Waals surface area contributed by atoms with Crippen LogP contribution in [-0.4, -0.2) is 39.8 Å². The van der Waals surface area contributed by atoms with Crippen LogP contribution in [0.2, 0.25) is 5.02 Å². The van der Waals surface area contributed by atoms with Gasteiger partial charge in [0.25, 0.3) is 5.91 Å². The summed E-state index contributed by atoms with van der Waals surface area (Å²) >= 11 is 6.34. The number of methoxy groups -OCH3 is 1. The van der Waals surface area contributed by atoms with Gasteiger partial charge in [0.15, 0.2) is 5.75 Å². The minimum atomic E-state index is -0.244. The number of carbonyl (C=O) groups excluding carboxylic acids is 1. The van der Waals surface area contributed by atoms with Gasteiger partial charge in [0, 0.05) is 30.9 Å². The van der Waals surface area contributed by atoms with Gasteiger partial charge < -0.3 is 20.1 Å². The van der Waals surface area contributed by atoms with Crippen LogP contribution in [-0.2, 0) is 13.2 Å². The number of carbonyl (C=O) groups is 1. The van der Waals surface area contributed by atoms with E-state index in [1.165, 1.54) is 7.11 Å². The smallest absolute Gasteiger partial charge is 0.251 e. The highest BCUT2D eigenvalue weighted by Gasteiger charge is 2.14. The third-order valence-electron chi connectivity index (χ3n) is 4.06. The summed E-state index contributed by atoms with van der Waals surface area (Å²) in [6.45, 7) is 2.91. The Bertz CT molecular complexity index is 990. The molecule has 152 valence electrons. The van der Waals surface area contributed by atoms with Gasteiger partial charge in [-0.2, -0.15) is 5.10 Å². The maximum Gasteiger partial charge on any atom is 0.251 e. The number of rotatable bonds is 8. The second kappa shape index (κ2) is 9.24. The first-order valence-electron chi connectivity index (χ1n) is 8.86. The number of benzene rings is 1. The van der Waals surface area contributed by atoms with E-state index in [2.05, 4.69) is 25.7 Å². The molecular weight excluding hydrogens is 396 g/mol. The van der Waals surface area contributed by atoms with Crippen molar-refractivity contribution in [2.24, 2.45) is 0 Å². The second-order valence-electron chi connectivity index (χ2n) is 5.97. The van der Waals surface area contributed by atoms with E-state index >= 15 is 0 Å². The molecule has 0 fully saturated rings. The third-order valence-corrected chi connectivity index (χ3v) is 4.49. The van der Waals surface area contributed by atoms with Crippen LogP contribution in [0.25, 0.3) is 0 Å². The van der Waals surface area contributed by atoms with Crippen LogP contribution in [0, 0.1) is 0 Å². The molecule has 0 saturated heterocycles. The number of aromatic nitrogens is 4. The van der Waals surface area contributed by atoms with Crippen molar-refractivity contribution in [3.63, 3.8) is 0 Å². The first kappa shape index (κ1) is 20.4. The van der Waals surface area contributed by atoms with E-state index in [0.717, 1.165) is 12.2 Å². The largest absolute Gasteiger partial charge is 0.495 e. The Morgan fingerprint density at radius 3 is 2.62 bits per heavy atom. The van der Waals surface area contributed by atoms with Gasteiger partial charge in [-0.25, -0.2) is 9.97 Å². The van der Waals surface area contributed by atoms with Gasteiger partial charge in [0.2, 0.25) is 5.95 Å². The first-order chi connectivity index (χ1) is 14.0. The van der Waals surface area contributed by atoms with E-state index in [-0.39, 0.29) is 12.5 Å². The second-order valence-corrected chi connectivity index (χ2v) is 6.35.